The lowest BCUT2D eigenvalue weighted by atomic mass is 10.1. The number of benzene rings is 2. The minimum atomic E-state index is -0.372. The van der Waals surface area contributed by atoms with Crippen molar-refractivity contribution in [2.45, 2.75) is 13.5 Å². The molecule has 0 saturated heterocycles. The van der Waals surface area contributed by atoms with Crippen molar-refractivity contribution >= 4 is 22.5 Å². The van der Waals surface area contributed by atoms with Crippen molar-refractivity contribution in [3.8, 4) is 17.6 Å². The van der Waals surface area contributed by atoms with Gasteiger partial charge < -0.3 is 20.1 Å². The van der Waals surface area contributed by atoms with Gasteiger partial charge in [-0.15, -0.1) is 0 Å². The molecule has 0 spiro atoms. The quantitative estimate of drug-likeness (QED) is 0.450. The molecular weight excluding hydrogens is 392 g/mol. The molecule has 0 bridgehead atoms. The third-order valence-electron chi connectivity index (χ3n) is 4.52. The Bertz CT molecular complexity index is 1180. The van der Waals surface area contributed by atoms with E-state index in [1.807, 2.05) is 50.2 Å². The number of hydrogen-bond donors (Lipinski definition) is 2. The highest BCUT2D eigenvalue weighted by atomic mass is 16.5. The lowest BCUT2D eigenvalue weighted by Gasteiger charge is -2.13. The number of phenols is 1. The first-order chi connectivity index (χ1) is 14.9. The van der Waals surface area contributed by atoms with Crippen molar-refractivity contribution < 1.29 is 14.6 Å². The summed E-state index contributed by atoms with van der Waals surface area (Å²) in [4.78, 5) is 18.4. The van der Waals surface area contributed by atoms with E-state index in [1.165, 1.54) is 18.3 Å². The first-order valence-corrected chi connectivity index (χ1v) is 9.74. The van der Waals surface area contributed by atoms with Crippen molar-refractivity contribution in [2.24, 2.45) is 0 Å². The Balaban J connectivity index is 1.93. The summed E-state index contributed by atoms with van der Waals surface area (Å²) < 4.78 is 6.00. The van der Waals surface area contributed by atoms with Gasteiger partial charge in [-0.3, -0.25) is 9.78 Å². The van der Waals surface area contributed by atoms with Crippen LogP contribution in [0.1, 0.15) is 16.7 Å². The SMILES string of the molecule is Cc1cccc(COc2c(C#N)cnc3cc(O)c(NC(=O)/C=C/CN(C)C)cc23)c1. The lowest BCUT2D eigenvalue weighted by molar-refractivity contribution is -0.111. The van der Waals surface area contributed by atoms with Crippen molar-refractivity contribution in [2.75, 3.05) is 26.0 Å². The fraction of sp³-hybridized carbons (Fsp3) is 0.208. The molecule has 7 heteroatoms. The van der Waals surface area contributed by atoms with Gasteiger partial charge in [0.25, 0.3) is 0 Å². The van der Waals surface area contributed by atoms with Gasteiger partial charge in [-0.2, -0.15) is 5.26 Å². The second-order valence-electron chi connectivity index (χ2n) is 7.43. The minimum absolute atomic E-state index is 0.122. The van der Waals surface area contributed by atoms with Crippen LogP contribution in [-0.2, 0) is 11.4 Å². The second kappa shape index (κ2) is 9.74. The number of nitrogens with one attached hydrogen (secondary N) is 1. The number of aromatic nitrogens is 1. The number of nitriles is 1. The first kappa shape index (κ1) is 21.8. The molecule has 0 fully saturated rings. The zero-order valence-electron chi connectivity index (χ0n) is 17.7. The summed E-state index contributed by atoms with van der Waals surface area (Å²) in [5, 5.41) is 23.0. The van der Waals surface area contributed by atoms with E-state index in [1.54, 1.807) is 12.1 Å². The molecule has 0 aliphatic heterocycles. The lowest BCUT2D eigenvalue weighted by Crippen LogP contribution is -2.13. The zero-order valence-corrected chi connectivity index (χ0v) is 17.7. The molecule has 0 unspecified atom stereocenters. The molecule has 0 radical (unpaired) electrons. The standard InChI is InChI=1S/C24H24N4O3/c1-16-6-4-7-17(10-16)15-31-24-18(13-25)14-26-20-12-22(29)21(11-19(20)24)27-23(30)8-5-9-28(2)3/h4-8,10-12,14,29H,9,15H2,1-3H3,(H,27,30)/b8-5+. The summed E-state index contributed by atoms with van der Waals surface area (Å²) in [5.41, 5.74) is 3.01. The molecule has 0 aliphatic carbocycles. The number of aromatic hydroxyl groups is 1. The summed E-state index contributed by atoms with van der Waals surface area (Å²) in [6.07, 6.45) is 4.54. The van der Waals surface area contributed by atoms with Crippen LogP contribution in [0.15, 0.2) is 54.7 Å². The van der Waals surface area contributed by atoms with Gasteiger partial charge in [0.2, 0.25) is 5.91 Å². The van der Waals surface area contributed by atoms with Gasteiger partial charge in [0.05, 0.1) is 11.2 Å². The van der Waals surface area contributed by atoms with E-state index >= 15 is 0 Å². The number of nitrogens with zero attached hydrogens (tertiary/aromatic N) is 3. The Morgan fingerprint density at radius 3 is 2.84 bits per heavy atom. The Kier molecular flexibility index (Phi) is 6.85. The van der Waals surface area contributed by atoms with Crippen LogP contribution in [0.5, 0.6) is 11.5 Å². The van der Waals surface area contributed by atoms with E-state index in [-0.39, 0.29) is 29.5 Å². The molecule has 0 saturated carbocycles. The summed E-state index contributed by atoms with van der Waals surface area (Å²) in [5.74, 6) is -0.139. The van der Waals surface area contributed by atoms with Crippen LogP contribution < -0.4 is 10.1 Å². The fourth-order valence-corrected chi connectivity index (χ4v) is 3.04. The molecular formula is C24H24N4O3. The average Bonchev–Trinajstić information content (AvgIpc) is 2.72. The van der Waals surface area contributed by atoms with E-state index in [0.717, 1.165) is 11.1 Å². The van der Waals surface area contributed by atoms with E-state index in [2.05, 4.69) is 16.4 Å². The molecule has 0 aliphatic rings. The van der Waals surface area contributed by atoms with Gasteiger partial charge in [0, 0.05) is 30.3 Å². The third kappa shape index (κ3) is 5.59. The number of ether oxygens (including phenoxy) is 1. The van der Waals surface area contributed by atoms with Gasteiger partial charge in [0.1, 0.15) is 29.7 Å². The monoisotopic (exact) mass is 416 g/mol. The van der Waals surface area contributed by atoms with E-state index in [0.29, 0.717) is 23.2 Å². The van der Waals surface area contributed by atoms with E-state index in [9.17, 15) is 15.2 Å². The van der Waals surface area contributed by atoms with Gasteiger partial charge in [-0.1, -0.05) is 35.9 Å². The fourth-order valence-electron chi connectivity index (χ4n) is 3.04. The maximum Gasteiger partial charge on any atom is 0.248 e. The van der Waals surface area contributed by atoms with E-state index < -0.39 is 0 Å². The number of carbonyl (C=O) groups is 1. The number of carbonyl (C=O) groups excluding carboxylic acids is 1. The summed E-state index contributed by atoms with van der Waals surface area (Å²) in [7, 11) is 3.80. The number of aryl methyl sites for hydroxylation is 1. The maximum atomic E-state index is 12.2. The topological polar surface area (TPSA) is 98.5 Å². The first-order valence-electron chi connectivity index (χ1n) is 9.74. The number of rotatable bonds is 7. The Hall–Kier alpha value is -3.89. The number of fused-ring (bicyclic) bond motifs is 1. The van der Waals surface area contributed by atoms with Gasteiger partial charge in [-0.05, 0) is 32.6 Å². The van der Waals surface area contributed by atoms with Crippen molar-refractivity contribution in [3.63, 3.8) is 0 Å². The largest absolute Gasteiger partial charge is 0.506 e. The molecule has 0 atom stereocenters. The molecule has 3 rings (SSSR count). The zero-order chi connectivity index (χ0) is 22.4. The molecule has 31 heavy (non-hydrogen) atoms. The highest BCUT2D eigenvalue weighted by Crippen LogP contribution is 2.35. The molecule has 2 aromatic carbocycles. The number of anilines is 1. The molecule has 3 aromatic rings. The number of hydrogen-bond acceptors (Lipinski definition) is 6. The predicted molar refractivity (Wildman–Crippen MR) is 120 cm³/mol. The van der Waals surface area contributed by atoms with Crippen LogP contribution in [0.4, 0.5) is 5.69 Å². The number of pyridine rings is 1. The molecule has 158 valence electrons. The van der Waals surface area contributed by atoms with Gasteiger partial charge >= 0.3 is 0 Å². The van der Waals surface area contributed by atoms with Crippen LogP contribution in [0.25, 0.3) is 10.9 Å². The third-order valence-corrected chi connectivity index (χ3v) is 4.52. The molecule has 2 N–H and O–H groups in total. The van der Waals surface area contributed by atoms with Crippen LogP contribution in [-0.4, -0.2) is 41.5 Å². The van der Waals surface area contributed by atoms with Crippen LogP contribution in [0, 0.1) is 18.3 Å². The molecule has 1 aromatic heterocycles. The normalized spacial score (nSPS) is 11.1. The number of likely N-dealkylation sites (N-methyl/N-ethyl adjacent to an activating group) is 1. The number of amides is 1. The Labute approximate surface area is 181 Å². The van der Waals surface area contributed by atoms with Crippen molar-refractivity contribution in [1.29, 1.82) is 5.26 Å². The Morgan fingerprint density at radius 2 is 2.13 bits per heavy atom. The number of phenolic OH excluding ortho intramolecular Hbond substituents is 1. The van der Waals surface area contributed by atoms with Crippen molar-refractivity contribution in [1.82, 2.24) is 9.88 Å². The van der Waals surface area contributed by atoms with E-state index in [4.69, 9.17) is 4.74 Å². The van der Waals surface area contributed by atoms with Crippen LogP contribution in [0.2, 0.25) is 0 Å². The highest BCUT2D eigenvalue weighted by molar-refractivity contribution is 6.02. The van der Waals surface area contributed by atoms with Gasteiger partial charge in [0.15, 0.2) is 0 Å². The minimum Gasteiger partial charge on any atom is -0.506 e. The molecule has 1 heterocycles. The van der Waals surface area contributed by atoms with Crippen molar-refractivity contribution in [3.05, 3.63) is 71.4 Å². The van der Waals surface area contributed by atoms with Crippen LogP contribution >= 0.6 is 0 Å². The van der Waals surface area contributed by atoms with Gasteiger partial charge in [-0.25, -0.2) is 0 Å². The average molecular weight is 416 g/mol. The summed E-state index contributed by atoms with van der Waals surface area (Å²) in [6.45, 7) is 2.88. The molecule has 7 nitrogen and oxygen atoms in total. The molecule has 1 amide bonds. The predicted octanol–water partition coefficient (Wildman–Crippen LogP) is 3.76. The van der Waals surface area contributed by atoms with Crippen LogP contribution in [0.3, 0.4) is 0 Å². The Morgan fingerprint density at radius 1 is 1.32 bits per heavy atom. The smallest absolute Gasteiger partial charge is 0.248 e. The maximum absolute atomic E-state index is 12.2. The summed E-state index contributed by atoms with van der Waals surface area (Å²) >= 11 is 0. The highest BCUT2D eigenvalue weighted by Gasteiger charge is 2.15. The summed E-state index contributed by atoms with van der Waals surface area (Å²) in [6, 6.07) is 13.0. The second-order valence-corrected chi connectivity index (χ2v) is 7.43.